The Morgan fingerprint density at radius 1 is 0.917 bits per heavy atom. The number of sulfonamides is 1. The molecule has 0 amide bonds. The molecule has 0 aromatic heterocycles. The first kappa shape index (κ1) is 16.5. The molecule has 1 N–H and O–H groups in total. The van der Waals surface area contributed by atoms with E-state index in [9.17, 15) is 8.42 Å². The maximum absolute atomic E-state index is 12.3. The van der Waals surface area contributed by atoms with Crippen LogP contribution in [0.15, 0.2) is 71.6 Å². The molecule has 0 heterocycles. The van der Waals surface area contributed by atoms with Crippen LogP contribution >= 0.6 is 11.6 Å². The van der Waals surface area contributed by atoms with E-state index in [1.54, 1.807) is 30.3 Å². The van der Waals surface area contributed by atoms with E-state index in [0.717, 1.165) is 10.8 Å². The van der Waals surface area contributed by atoms with Crippen molar-refractivity contribution in [3.63, 3.8) is 0 Å². The van der Waals surface area contributed by atoms with E-state index in [1.807, 2.05) is 36.4 Å². The summed E-state index contributed by atoms with van der Waals surface area (Å²) in [4.78, 5) is 0.223. The van der Waals surface area contributed by atoms with Crippen molar-refractivity contribution in [1.82, 2.24) is 4.72 Å². The van der Waals surface area contributed by atoms with Gasteiger partial charge in [0.2, 0.25) is 10.0 Å². The summed E-state index contributed by atoms with van der Waals surface area (Å²) in [6.45, 7) is 0.0143. The average molecular weight is 356 g/mol. The van der Waals surface area contributed by atoms with Crippen LogP contribution in [-0.2, 0) is 10.0 Å². The summed E-state index contributed by atoms with van der Waals surface area (Å²) in [6.07, 6.45) is 0. The van der Waals surface area contributed by atoms with Gasteiger partial charge in [0.05, 0.1) is 16.5 Å². The van der Waals surface area contributed by atoms with Crippen molar-refractivity contribution in [2.75, 3.05) is 6.54 Å². The lowest BCUT2D eigenvalue weighted by molar-refractivity contribution is 0.586. The van der Waals surface area contributed by atoms with Gasteiger partial charge in [0.1, 0.15) is 0 Å². The van der Waals surface area contributed by atoms with E-state index < -0.39 is 10.0 Å². The van der Waals surface area contributed by atoms with Gasteiger partial charge in [0, 0.05) is 5.56 Å². The third-order valence-electron chi connectivity index (χ3n) is 3.48. The molecule has 0 aliphatic carbocycles. The fourth-order valence-electron chi connectivity index (χ4n) is 2.25. The normalized spacial score (nSPS) is 11.0. The molecular weight excluding hydrogens is 342 g/mol. The lowest BCUT2D eigenvalue weighted by atomic mass is 10.1. The Labute approximate surface area is 146 Å². The number of rotatable bonds is 3. The van der Waals surface area contributed by atoms with Crippen molar-refractivity contribution in [3.05, 3.63) is 77.3 Å². The number of hydrogen-bond acceptors (Lipinski definition) is 2. The quantitative estimate of drug-likeness (QED) is 0.726. The Kier molecular flexibility index (Phi) is 4.86. The van der Waals surface area contributed by atoms with Crippen LogP contribution in [0.2, 0.25) is 5.02 Å². The van der Waals surface area contributed by atoms with Gasteiger partial charge in [-0.05, 0) is 35.0 Å². The second kappa shape index (κ2) is 7.06. The first-order valence-electron chi connectivity index (χ1n) is 7.28. The molecule has 0 saturated carbocycles. The van der Waals surface area contributed by atoms with Gasteiger partial charge in [-0.25, -0.2) is 8.42 Å². The maximum Gasteiger partial charge on any atom is 0.241 e. The number of fused-ring (bicyclic) bond motifs is 1. The highest BCUT2D eigenvalue weighted by atomic mass is 35.5. The van der Waals surface area contributed by atoms with Crippen LogP contribution in [0.1, 0.15) is 5.56 Å². The second-order valence-corrected chi connectivity index (χ2v) is 7.29. The molecule has 24 heavy (non-hydrogen) atoms. The minimum Gasteiger partial charge on any atom is -0.207 e. The summed E-state index contributed by atoms with van der Waals surface area (Å²) in [6, 6.07) is 19.8. The zero-order valence-corrected chi connectivity index (χ0v) is 14.2. The topological polar surface area (TPSA) is 46.2 Å². The van der Waals surface area contributed by atoms with E-state index in [4.69, 9.17) is 11.6 Å². The first-order chi connectivity index (χ1) is 11.6. The predicted octanol–water partition coefficient (Wildman–Crippen LogP) is 3.82. The van der Waals surface area contributed by atoms with Gasteiger partial charge in [-0.1, -0.05) is 65.9 Å². The number of halogens is 1. The zero-order valence-electron chi connectivity index (χ0n) is 12.7. The molecule has 3 aromatic carbocycles. The molecule has 3 rings (SSSR count). The van der Waals surface area contributed by atoms with E-state index >= 15 is 0 Å². The minimum atomic E-state index is -3.60. The Morgan fingerprint density at radius 2 is 1.62 bits per heavy atom. The number of nitrogens with one attached hydrogen (secondary N) is 1. The smallest absolute Gasteiger partial charge is 0.207 e. The highest BCUT2D eigenvalue weighted by Crippen LogP contribution is 2.18. The molecule has 0 atom stereocenters. The summed E-state index contributed by atoms with van der Waals surface area (Å²) >= 11 is 6.00. The summed E-state index contributed by atoms with van der Waals surface area (Å²) in [5, 5.41) is 2.42. The Hall–Kier alpha value is -2.32. The minimum absolute atomic E-state index is 0.0143. The van der Waals surface area contributed by atoms with Crippen molar-refractivity contribution in [1.29, 1.82) is 0 Å². The standard InChI is InChI=1S/C19H14ClNO2S/c20-19-10-4-3-7-16(19)9-5-13-21-24(22,23)18-12-11-15-6-1-2-8-17(15)14-18/h1-4,6-8,10-12,14,21H,13H2. The lowest BCUT2D eigenvalue weighted by Gasteiger charge is -2.05. The van der Waals surface area contributed by atoms with Gasteiger partial charge in [-0.2, -0.15) is 4.72 Å². The highest BCUT2D eigenvalue weighted by molar-refractivity contribution is 7.89. The lowest BCUT2D eigenvalue weighted by Crippen LogP contribution is -2.23. The van der Waals surface area contributed by atoms with Crippen LogP contribution in [0.25, 0.3) is 10.8 Å². The highest BCUT2D eigenvalue weighted by Gasteiger charge is 2.13. The Bertz CT molecular complexity index is 1050. The van der Waals surface area contributed by atoms with Gasteiger partial charge in [-0.3, -0.25) is 0 Å². The van der Waals surface area contributed by atoms with Crippen LogP contribution in [0, 0.1) is 11.8 Å². The van der Waals surface area contributed by atoms with Gasteiger partial charge >= 0.3 is 0 Å². The van der Waals surface area contributed by atoms with Crippen LogP contribution in [0.3, 0.4) is 0 Å². The van der Waals surface area contributed by atoms with Crippen LogP contribution in [-0.4, -0.2) is 15.0 Å². The molecular formula is C19H14ClNO2S. The van der Waals surface area contributed by atoms with E-state index in [-0.39, 0.29) is 11.4 Å². The Morgan fingerprint density at radius 3 is 2.42 bits per heavy atom. The fraction of sp³-hybridized carbons (Fsp3) is 0.0526. The van der Waals surface area contributed by atoms with Gasteiger partial charge in [0.15, 0.2) is 0 Å². The zero-order chi connectivity index (χ0) is 17.0. The summed E-state index contributed by atoms with van der Waals surface area (Å²) < 4.78 is 27.2. The largest absolute Gasteiger partial charge is 0.241 e. The number of hydrogen-bond donors (Lipinski definition) is 1. The van der Waals surface area contributed by atoms with Crippen molar-refractivity contribution in [2.45, 2.75) is 4.90 Å². The van der Waals surface area contributed by atoms with Crippen LogP contribution in [0.5, 0.6) is 0 Å². The fourth-order valence-corrected chi connectivity index (χ4v) is 3.39. The molecule has 120 valence electrons. The molecule has 0 aliphatic heterocycles. The van der Waals surface area contributed by atoms with E-state index in [2.05, 4.69) is 16.6 Å². The molecule has 0 aliphatic rings. The van der Waals surface area contributed by atoms with Gasteiger partial charge in [-0.15, -0.1) is 0 Å². The molecule has 3 aromatic rings. The third kappa shape index (κ3) is 3.77. The van der Waals surface area contributed by atoms with Crippen molar-refractivity contribution in [3.8, 4) is 11.8 Å². The van der Waals surface area contributed by atoms with Gasteiger partial charge in [0.25, 0.3) is 0 Å². The predicted molar refractivity (Wildman–Crippen MR) is 97.5 cm³/mol. The monoisotopic (exact) mass is 355 g/mol. The van der Waals surface area contributed by atoms with Crippen molar-refractivity contribution in [2.24, 2.45) is 0 Å². The van der Waals surface area contributed by atoms with E-state index in [1.165, 1.54) is 0 Å². The van der Waals surface area contributed by atoms with Gasteiger partial charge < -0.3 is 0 Å². The van der Waals surface area contributed by atoms with Crippen LogP contribution < -0.4 is 4.72 Å². The second-order valence-electron chi connectivity index (χ2n) is 5.12. The van der Waals surface area contributed by atoms with Crippen LogP contribution in [0.4, 0.5) is 0 Å². The molecule has 0 fully saturated rings. The molecule has 0 spiro atoms. The average Bonchev–Trinajstić information content (AvgIpc) is 2.59. The molecule has 0 bridgehead atoms. The summed E-state index contributed by atoms with van der Waals surface area (Å²) in [5.74, 6) is 5.64. The number of benzene rings is 3. The van der Waals surface area contributed by atoms with E-state index in [0.29, 0.717) is 10.6 Å². The summed E-state index contributed by atoms with van der Waals surface area (Å²) in [7, 11) is -3.60. The SMILES string of the molecule is O=S(=O)(NCC#Cc1ccccc1Cl)c1ccc2ccccc2c1. The third-order valence-corrected chi connectivity index (χ3v) is 5.21. The molecule has 3 nitrogen and oxygen atoms in total. The molecule has 0 radical (unpaired) electrons. The molecule has 0 unspecified atom stereocenters. The molecule has 5 heteroatoms. The van der Waals surface area contributed by atoms with Crippen molar-refractivity contribution < 1.29 is 8.42 Å². The van der Waals surface area contributed by atoms with Crippen molar-refractivity contribution >= 4 is 32.4 Å². The Balaban J connectivity index is 1.75. The maximum atomic E-state index is 12.3. The first-order valence-corrected chi connectivity index (χ1v) is 9.14. The molecule has 0 saturated heterocycles. The summed E-state index contributed by atoms with van der Waals surface area (Å²) in [5.41, 5.74) is 0.670.